The molecule has 3 aromatic rings. The zero-order chi connectivity index (χ0) is 22.7. The van der Waals surface area contributed by atoms with Crippen LogP contribution in [0, 0.1) is 19.8 Å². The lowest BCUT2D eigenvalue weighted by molar-refractivity contribution is -0.121. The average Bonchev–Trinajstić information content (AvgIpc) is 3.43. The number of amides is 2. The first kappa shape index (κ1) is 22.4. The summed E-state index contributed by atoms with van der Waals surface area (Å²) in [5, 5.41) is 9.49. The fraction of sp³-hybridized carbons (Fsp3) is 0.478. The molecule has 0 bridgehead atoms. The van der Waals surface area contributed by atoms with E-state index in [1.807, 2.05) is 25.2 Å². The first-order chi connectivity index (χ1) is 15.4. The Morgan fingerprint density at radius 3 is 2.75 bits per heavy atom. The number of fused-ring (bicyclic) bond motifs is 1. The Kier molecular flexibility index (Phi) is 6.86. The van der Waals surface area contributed by atoms with Crippen LogP contribution in [0.25, 0.3) is 5.65 Å². The third-order valence-electron chi connectivity index (χ3n) is 6.33. The molecular formula is C23H30N6O2S. The lowest BCUT2D eigenvalue weighted by Crippen LogP contribution is -2.38. The van der Waals surface area contributed by atoms with Crippen LogP contribution in [-0.4, -0.2) is 50.9 Å². The van der Waals surface area contributed by atoms with Crippen molar-refractivity contribution in [2.45, 2.75) is 46.1 Å². The van der Waals surface area contributed by atoms with Crippen LogP contribution in [0.1, 0.15) is 51.4 Å². The predicted molar refractivity (Wildman–Crippen MR) is 125 cm³/mol. The van der Waals surface area contributed by atoms with Crippen molar-refractivity contribution in [1.82, 2.24) is 24.8 Å². The Labute approximate surface area is 191 Å². The third-order valence-corrected chi connectivity index (χ3v) is 7.19. The Morgan fingerprint density at radius 2 is 2.06 bits per heavy atom. The van der Waals surface area contributed by atoms with Crippen LogP contribution in [0.5, 0.6) is 0 Å². The summed E-state index contributed by atoms with van der Waals surface area (Å²) in [6.07, 6.45) is 4.66. The molecule has 2 amide bonds. The number of aromatic nitrogens is 3. The Balaban J connectivity index is 1.26. The summed E-state index contributed by atoms with van der Waals surface area (Å²) in [5.41, 5.74) is 8.83. The fourth-order valence-corrected chi connectivity index (χ4v) is 5.15. The monoisotopic (exact) mass is 454 g/mol. The Hall–Kier alpha value is -2.78. The van der Waals surface area contributed by atoms with Gasteiger partial charge in [-0.3, -0.25) is 14.5 Å². The number of piperidine rings is 1. The van der Waals surface area contributed by atoms with Crippen LogP contribution in [0.2, 0.25) is 0 Å². The SMILES string of the molecule is Cc1nc2c(C(N)=O)cnn2c(C)c1CCC(=O)NCC1CCN(Cc2cccs2)CC1. The number of nitrogens with two attached hydrogens (primary N) is 1. The molecule has 0 spiro atoms. The minimum absolute atomic E-state index is 0.0585. The molecule has 0 atom stereocenters. The van der Waals surface area contributed by atoms with E-state index in [2.05, 4.69) is 37.8 Å². The van der Waals surface area contributed by atoms with E-state index >= 15 is 0 Å². The number of carbonyl (C=O) groups is 2. The van der Waals surface area contributed by atoms with Gasteiger partial charge in [-0.15, -0.1) is 11.3 Å². The molecule has 0 saturated carbocycles. The van der Waals surface area contributed by atoms with Gasteiger partial charge in [-0.1, -0.05) is 6.07 Å². The second kappa shape index (κ2) is 9.79. The topological polar surface area (TPSA) is 106 Å². The molecule has 0 aromatic carbocycles. The van der Waals surface area contributed by atoms with Gasteiger partial charge in [0.05, 0.1) is 6.20 Å². The van der Waals surface area contributed by atoms with Gasteiger partial charge in [0.15, 0.2) is 5.65 Å². The van der Waals surface area contributed by atoms with Crippen LogP contribution < -0.4 is 11.1 Å². The van der Waals surface area contributed by atoms with Crippen LogP contribution in [0.4, 0.5) is 0 Å². The summed E-state index contributed by atoms with van der Waals surface area (Å²) in [4.78, 5) is 32.5. The summed E-state index contributed by atoms with van der Waals surface area (Å²) >= 11 is 1.81. The summed E-state index contributed by atoms with van der Waals surface area (Å²) in [6, 6.07) is 4.30. The molecule has 4 heterocycles. The molecule has 1 aliphatic rings. The second-order valence-corrected chi connectivity index (χ2v) is 9.55. The highest BCUT2D eigenvalue weighted by Gasteiger charge is 2.21. The first-order valence-corrected chi connectivity index (χ1v) is 12.0. The number of aryl methyl sites for hydroxylation is 2. The Bertz CT molecular complexity index is 1100. The van der Waals surface area contributed by atoms with Crippen molar-refractivity contribution in [3.8, 4) is 0 Å². The molecule has 0 unspecified atom stereocenters. The minimum atomic E-state index is -0.546. The molecule has 0 radical (unpaired) electrons. The van der Waals surface area contributed by atoms with Crippen molar-refractivity contribution < 1.29 is 9.59 Å². The van der Waals surface area contributed by atoms with E-state index < -0.39 is 5.91 Å². The molecule has 1 aliphatic heterocycles. The van der Waals surface area contributed by atoms with Crippen molar-refractivity contribution in [3.63, 3.8) is 0 Å². The lowest BCUT2D eigenvalue weighted by Gasteiger charge is -2.31. The van der Waals surface area contributed by atoms with Gasteiger partial charge in [0.2, 0.25) is 5.91 Å². The highest BCUT2D eigenvalue weighted by Crippen LogP contribution is 2.21. The van der Waals surface area contributed by atoms with Crippen molar-refractivity contribution >= 4 is 28.8 Å². The van der Waals surface area contributed by atoms with Gasteiger partial charge < -0.3 is 11.1 Å². The molecular weight excluding hydrogens is 424 g/mol. The van der Waals surface area contributed by atoms with Crippen LogP contribution in [-0.2, 0) is 17.8 Å². The molecule has 0 aliphatic carbocycles. The van der Waals surface area contributed by atoms with E-state index in [9.17, 15) is 9.59 Å². The zero-order valence-corrected chi connectivity index (χ0v) is 19.5. The summed E-state index contributed by atoms with van der Waals surface area (Å²) in [7, 11) is 0. The number of rotatable bonds is 8. The summed E-state index contributed by atoms with van der Waals surface area (Å²) in [5.74, 6) is 0.0512. The van der Waals surface area contributed by atoms with Gasteiger partial charge in [0.25, 0.3) is 5.91 Å². The number of likely N-dealkylation sites (tertiary alicyclic amines) is 1. The summed E-state index contributed by atoms with van der Waals surface area (Å²) in [6.45, 7) is 7.76. The molecule has 4 rings (SSSR count). The molecule has 1 saturated heterocycles. The quantitative estimate of drug-likeness (QED) is 0.544. The predicted octanol–water partition coefficient (Wildman–Crippen LogP) is 2.47. The smallest absolute Gasteiger partial charge is 0.254 e. The fourth-order valence-electron chi connectivity index (χ4n) is 4.40. The van der Waals surface area contributed by atoms with E-state index in [0.717, 1.165) is 56.0 Å². The number of thiophene rings is 1. The number of hydrogen-bond acceptors (Lipinski definition) is 6. The van der Waals surface area contributed by atoms with E-state index in [4.69, 9.17) is 5.73 Å². The number of nitrogens with zero attached hydrogens (tertiary/aromatic N) is 4. The Morgan fingerprint density at radius 1 is 1.28 bits per heavy atom. The number of hydrogen-bond donors (Lipinski definition) is 2. The third kappa shape index (κ3) is 4.99. The molecule has 9 heteroatoms. The van der Waals surface area contributed by atoms with Gasteiger partial charge >= 0.3 is 0 Å². The largest absolute Gasteiger partial charge is 0.365 e. The second-order valence-electron chi connectivity index (χ2n) is 8.52. The maximum absolute atomic E-state index is 12.5. The van der Waals surface area contributed by atoms with Crippen molar-refractivity contribution in [2.75, 3.05) is 19.6 Å². The van der Waals surface area contributed by atoms with Crippen molar-refractivity contribution in [3.05, 3.63) is 51.1 Å². The van der Waals surface area contributed by atoms with Gasteiger partial charge in [-0.25, -0.2) is 9.50 Å². The molecule has 3 aromatic heterocycles. The maximum atomic E-state index is 12.5. The highest BCUT2D eigenvalue weighted by atomic mass is 32.1. The van der Waals surface area contributed by atoms with Crippen LogP contribution >= 0.6 is 11.3 Å². The molecule has 1 fully saturated rings. The average molecular weight is 455 g/mol. The number of carbonyl (C=O) groups excluding carboxylic acids is 2. The molecule has 3 N–H and O–H groups in total. The zero-order valence-electron chi connectivity index (χ0n) is 18.6. The molecule has 170 valence electrons. The highest BCUT2D eigenvalue weighted by molar-refractivity contribution is 7.09. The maximum Gasteiger partial charge on any atom is 0.254 e. The van der Waals surface area contributed by atoms with E-state index in [1.165, 1.54) is 11.1 Å². The standard InChI is InChI=1S/C23H30N6O2S/c1-15-19(16(2)29-23(27-15)20(13-26-29)22(24)31)5-6-21(30)25-12-17-7-9-28(10-8-17)14-18-4-3-11-32-18/h3-4,11,13,17H,5-10,12,14H2,1-2H3,(H2,24,31)(H,25,30). The van der Waals surface area contributed by atoms with Gasteiger partial charge in [-0.2, -0.15) is 5.10 Å². The van der Waals surface area contributed by atoms with Crippen LogP contribution in [0.15, 0.2) is 23.7 Å². The molecule has 32 heavy (non-hydrogen) atoms. The normalized spacial score (nSPS) is 15.3. The van der Waals surface area contributed by atoms with Gasteiger partial charge in [-0.05, 0) is 69.1 Å². The number of nitrogens with one attached hydrogen (secondary N) is 1. The first-order valence-electron chi connectivity index (χ1n) is 11.1. The minimum Gasteiger partial charge on any atom is -0.365 e. The van der Waals surface area contributed by atoms with Gasteiger partial charge in [0.1, 0.15) is 5.56 Å². The lowest BCUT2D eigenvalue weighted by atomic mass is 9.96. The van der Waals surface area contributed by atoms with E-state index in [1.54, 1.807) is 4.52 Å². The number of primary amides is 1. The van der Waals surface area contributed by atoms with E-state index in [0.29, 0.717) is 30.0 Å². The van der Waals surface area contributed by atoms with Crippen molar-refractivity contribution in [1.29, 1.82) is 0 Å². The van der Waals surface area contributed by atoms with Crippen molar-refractivity contribution in [2.24, 2.45) is 11.7 Å². The molecule has 8 nitrogen and oxygen atoms in total. The summed E-state index contributed by atoms with van der Waals surface area (Å²) < 4.78 is 1.63. The van der Waals surface area contributed by atoms with E-state index in [-0.39, 0.29) is 5.91 Å². The van der Waals surface area contributed by atoms with Gasteiger partial charge in [0, 0.05) is 35.8 Å². The van der Waals surface area contributed by atoms with Crippen LogP contribution in [0.3, 0.4) is 0 Å².